The average Bonchev–Trinajstić information content (AvgIpc) is 2.41. The van der Waals surface area contributed by atoms with E-state index in [-0.39, 0.29) is 11.7 Å². The number of piperidine rings is 1. The second-order valence-corrected chi connectivity index (χ2v) is 5.94. The predicted octanol–water partition coefficient (Wildman–Crippen LogP) is 2.28. The number of nitrogens with zero attached hydrogens (tertiary/aromatic N) is 1. The summed E-state index contributed by atoms with van der Waals surface area (Å²) in [5.41, 5.74) is 7.33. The Morgan fingerprint density at radius 3 is 2.62 bits per heavy atom. The standard InChI is InChI=1S/C16H23FN2O2/c1-10-7-15(13(11(2)20)9-14(10)17)19-5-3-12(4-6-19)8-16(18)21/h7,9,11-12,20H,3-6,8H2,1-2H3,(H2,18,21)/t11-/m1/s1. The molecule has 1 aliphatic rings. The van der Waals surface area contributed by atoms with Crippen molar-refractivity contribution in [2.45, 2.75) is 39.2 Å². The highest BCUT2D eigenvalue weighted by molar-refractivity contribution is 5.74. The van der Waals surface area contributed by atoms with E-state index in [4.69, 9.17) is 5.73 Å². The molecule has 1 saturated heterocycles. The summed E-state index contributed by atoms with van der Waals surface area (Å²) in [6.07, 6.45) is 1.50. The van der Waals surface area contributed by atoms with Crippen LogP contribution in [-0.4, -0.2) is 24.1 Å². The van der Waals surface area contributed by atoms with Crippen LogP contribution in [0, 0.1) is 18.7 Å². The molecule has 1 aromatic carbocycles. The molecule has 0 spiro atoms. The minimum atomic E-state index is -0.710. The topological polar surface area (TPSA) is 66.6 Å². The largest absolute Gasteiger partial charge is 0.389 e. The molecular formula is C16H23FN2O2. The normalized spacial score (nSPS) is 17.8. The molecule has 0 saturated carbocycles. The highest BCUT2D eigenvalue weighted by Crippen LogP contribution is 2.32. The molecule has 1 heterocycles. The average molecular weight is 294 g/mol. The first-order valence-electron chi connectivity index (χ1n) is 7.40. The van der Waals surface area contributed by atoms with Gasteiger partial charge in [-0.15, -0.1) is 0 Å². The number of aryl methyl sites for hydroxylation is 1. The van der Waals surface area contributed by atoms with Crippen LogP contribution in [0.1, 0.15) is 43.4 Å². The van der Waals surface area contributed by atoms with Crippen LogP contribution in [0.4, 0.5) is 10.1 Å². The molecule has 5 heteroatoms. The minimum absolute atomic E-state index is 0.254. The molecule has 1 atom stereocenters. The van der Waals surface area contributed by atoms with Crippen molar-refractivity contribution in [3.63, 3.8) is 0 Å². The van der Waals surface area contributed by atoms with Crippen molar-refractivity contribution < 1.29 is 14.3 Å². The Bertz CT molecular complexity index is 523. The van der Waals surface area contributed by atoms with E-state index in [0.717, 1.165) is 31.6 Å². The lowest BCUT2D eigenvalue weighted by molar-refractivity contribution is -0.119. The highest BCUT2D eigenvalue weighted by atomic mass is 19.1. The van der Waals surface area contributed by atoms with Crippen molar-refractivity contribution in [1.29, 1.82) is 0 Å². The maximum atomic E-state index is 13.7. The van der Waals surface area contributed by atoms with Crippen LogP contribution >= 0.6 is 0 Å². The van der Waals surface area contributed by atoms with Gasteiger partial charge in [0.05, 0.1) is 6.10 Å². The zero-order valence-electron chi connectivity index (χ0n) is 12.6. The van der Waals surface area contributed by atoms with Crippen LogP contribution < -0.4 is 10.6 Å². The zero-order chi connectivity index (χ0) is 15.6. The van der Waals surface area contributed by atoms with E-state index in [1.807, 2.05) is 0 Å². The quantitative estimate of drug-likeness (QED) is 0.895. The number of amides is 1. The number of hydrogen-bond acceptors (Lipinski definition) is 3. The fourth-order valence-electron chi connectivity index (χ4n) is 2.95. The van der Waals surface area contributed by atoms with Crippen LogP contribution in [0.2, 0.25) is 0 Å². The number of anilines is 1. The van der Waals surface area contributed by atoms with Gasteiger partial charge >= 0.3 is 0 Å². The van der Waals surface area contributed by atoms with Gasteiger partial charge in [0, 0.05) is 30.8 Å². The van der Waals surface area contributed by atoms with Crippen molar-refractivity contribution in [2.24, 2.45) is 11.7 Å². The molecule has 4 nitrogen and oxygen atoms in total. The van der Waals surface area contributed by atoms with E-state index in [1.54, 1.807) is 19.9 Å². The monoisotopic (exact) mass is 294 g/mol. The van der Waals surface area contributed by atoms with Crippen molar-refractivity contribution in [3.05, 3.63) is 29.1 Å². The summed E-state index contributed by atoms with van der Waals surface area (Å²) in [6, 6.07) is 3.22. The number of carbonyl (C=O) groups excluding carboxylic acids is 1. The fraction of sp³-hybridized carbons (Fsp3) is 0.562. The molecule has 1 aliphatic heterocycles. The number of halogens is 1. The number of aliphatic hydroxyl groups excluding tert-OH is 1. The van der Waals surface area contributed by atoms with Gasteiger partial charge in [-0.3, -0.25) is 4.79 Å². The summed E-state index contributed by atoms with van der Waals surface area (Å²) in [7, 11) is 0. The molecule has 1 fully saturated rings. The fourth-order valence-corrected chi connectivity index (χ4v) is 2.95. The van der Waals surface area contributed by atoms with Crippen LogP contribution in [-0.2, 0) is 4.79 Å². The summed E-state index contributed by atoms with van der Waals surface area (Å²) in [6.45, 7) is 4.96. The summed E-state index contributed by atoms with van der Waals surface area (Å²) in [5.74, 6) is -0.218. The Balaban J connectivity index is 2.16. The van der Waals surface area contributed by atoms with Gasteiger partial charge in [0.1, 0.15) is 5.82 Å². The third-order valence-corrected chi connectivity index (χ3v) is 4.20. The second-order valence-electron chi connectivity index (χ2n) is 5.94. The molecule has 2 rings (SSSR count). The lowest BCUT2D eigenvalue weighted by Crippen LogP contribution is -2.35. The Hall–Kier alpha value is -1.62. The molecule has 0 aliphatic carbocycles. The van der Waals surface area contributed by atoms with Crippen molar-refractivity contribution in [2.75, 3.05) is 18.0 Å². The Kier molecular flexibility index (Phi) is 4.83. The van der Waals surface area contributed by atoms with Crippen molar-refractivity contribution >= 4 is 11.6 Å². The van der Waals surface area contributed by atoms with E-state index >= 15 is 0 Å². The molecule has 1 amide bonds. The maximum absolute atomic E-state index is 13.7. The Morgan fingerprint density at radius 1 is 1.48 bits per heavy atom. The molecule has 0 radical (unpaired) electrons. The SMILES string of the molecule is Cc1cc(N2CCC(CC(N)=O)CC2)c([C@@H](C)O)cc1F. The van der Waals surface area contributed by atoms with E-state index < -0.39 is 6.10 Å². The summed E-state index contributed by atoms with van der Waals surface area (Å²) in [5, 5.41) is 9.87. The number of hydrogen-bond donors (Lipinski definition) is 2. The third-order valence-electron chi connectivity index (χ3n) is 4.20. The molecule has 21 heavy (non-hydrogen) atoms. The van der Waals surface area contributed by atoms with Crippen LogP contribution in [0.5, 0.6) is 0 Å². The number of benzene rings is 1. The number of carbonyl (C=O) groups is 1. The smallest absolute Gasteiger partial charge is 0.217 e. The first-order valence-corrected chi connectivity index (χ1v) is 7.40. The molecule has 1 aromatic rings. The molecule has 0 unspecified atom stereocenters. The number of nitrogens with two attached hydrogens (primary N) is 1. The first kappa shape index (κ1) is 15.8. The number of aliphatic hydroxyl groups is 1. The van der Waals surface area contributed by atoms with E-state index in [9.17, 15) is 14.3 Å². The Labute approximate surface area is 124 Å². The van der Waals surface area contributed by atoms with E-state index in [0.29, 0.717) is 23.5 Å². The Morgan fingerprint density at radius 2 is 2.10 bits per heavy atom. The van der Waals surface area contributed by atoms with Gasteiger partial charge in [-0.05, 0) is 50.3 Å². The molecule has 3 N–H and O–H groups in total. The van der Waals surface area contributed by atoms with Gasteiger partial charge in [-0.1, -0.05) is 0 Å². The summed E-state index contributed by atoms with van der Waals surface area (Å²) < 4.78 is 13.7. The molecule has 0 aromatic heterocycles. The van der Waals surface area contributed by atoms with Gasteiger partial charge in [0.15, 0.2) is 0 Å². The molecule has 116 valence electrons. The highest BCUT2D eigenvalue weighted by Gasteiger charge is 2.24. The van der Waals surface area contributed by atoms with Gasteiger partial charge in [-0.2, -0.15) is 0 Å². The predicted molar refractivity (Wildman–Crippen MR) is 80.5 cm³/mol. The number of rotatable bonds is 4. The van der Waals surface area contributed by atoms with Gasteiger partial charge in [0.25, 0.3) is 0 Å². The zero-order valence-corrected chi connectivity index (χ0v) is 12.6. The van der Waals surface area contributed by atoms with Crippen molar-refractivity contribution in [3.8, 4) is 0 Å². The first-order chi connectivity index (χ1) is 9.88. The second kappa shape index (κ2) is 6.43. The van der Waals surface area contributed by atoms with Gasteiger partial charge < -0.3 is 15.7 Å². The maximum Gasteiger partial charge on any atom is 0.217 e. The summed E-state index contributed by atoms with van der Waals surface area (Å²) >= 11 is 0. The van der Waals surface area contributed by atoms with Gasteiger partial charge in [0.2, 0.25) is 5.91 Å². The van der Waals surface area contributed by atoms with Crippen LogP contribution in [0.15, 0.2) is 12.1 Å². The van der Waals surface area contributed by atoms with E-state index in [1.165, 1.54) is 6.07 Å². The van der Waals surface area contributed by atoms with Crippen molar-refractivity contribution in [1.82, 2.24) is 0 Å². The third kappa shape index (κ3) is 3.73. The lowest BCUT2D eigenvalue weighted by atomic mass is 9.92. The lowest BCUT2D eigenvalue weighted by Gasteiger charge is -2.35. The van der Waals surface area contributed by atoms with E-state index in [2.05, 4.69) is 4.90 Å². The molecular weight excluding hydrogens is 271 g/mol. The molecule has 0 bridgehead atoms. The summed E-state index contributed by atoms with van der Waals surface area (Å²) in [4.78, 5) is 13.1. The van der Waals surface area contributed by atoms with Crippen LogP contribution in [0.25, 0.3) is 0 Å². The minimum Gasteiger partial charge on any atom is -0.389 e. The van der Waals surface area contributed by atoms with Gasteiger partial charge in [-0.25, -0.2) is 4.39 Å². The number of primary amides is 1. The van der Waals surface area contributed by atoms with Crippen LogP contribution in [0.3, 0.4) is 0 Å².